The maximum atomic E-state index is 12.3. The Kier molecular flexibility index (Phi) is 4.20. The molecule has 1 N–H and O–H groups in total. The van der Waals surface area contributed by atoms with Crippen LogP contribution < -0.4 is 4.74 Å². The van der Waals surface area contributed by atoms with E-state index in [-0.39, 0.29) is 5.56 Å². The van der Waals surface area contributed by atoms with E-state index in [9.17, 15) is 18.3 Å². The number of rotatable bonds is 3. The van der Waals surface area contributed by atoms with E-state index in [1.165, 1.54) is 30.3 Å². The zero-order valence-electron chi connectivity index (χ0n) is 10.1. The minimum Gasteiger partial charge on any atom is -0.405 e. The van der Waals surface area contributed by atoms with Gasteiger partial charge in [-0.3, -0.25) is 0 Å². The van der Waals surface area contributed by atoms with Gasteiger partial charge in [-0.2, -0.15) is 0 Å². The van der Waals surface area contributed by atoms with Crippen LogP contribution in [-0.2, 0) is 0 Å². The topological polar surface area (TPSA) is 29.5 Å². The van der Waals surface area contributed by atoms with Gasteiger partial charge in [0.2, 0.25) is 0 Å². The number of hydrogen-bond acceptors (Lipinski definition) is 2. The molecule has 0 spiro atoms. The molecule has 2 aromatic carbocycles. The molecule has 0 bridgehead atoms. The summed E-state index contributed by atoms with van der Waals surface area (Å²) < 4.78 is 40.9. The molecule has 2 aromatic rings. The van der Waals surface area contributed by atoms with Gasteiger partial charge in [0.1, 0.15) is 11.9 Å². The van der Waals surface area contributed by atoms with Gasteiger partial charge in [0.05, 0.1) is 0 Å². The highest BCUT2D eigenvalue weighted by Crippen LogP contribution is 2.33. The molecule has 0 radical (unpaired) electrons. The second-order valence-electron chi connectivity index (χ2n) is 4.04. The van der Waals surface area contributed by atoms with Crippen molar-refractivity contribution in [1.29, 1.82) is 0 Å². The van der Waals surface area contributed by atoms with Crippen LogP contribution in [0.4, 0.5) is 13.2 Å². The largest absolute Gasteiger partial charge is 0.573 e. The molecule has 0 aliphatic rings. The Hall–Kier alpha value is -1.72. The van der Waals surface area contributed by atoms with Crippen LogP contribution in [0.5, 0.6) is 5.75 Å². The van der Waals surface area contributed by atoms with Crippen molar-refractivity contribution in [1.82, 2.24) is 0 Å². The van der Waals surface area contributed by atoms with Gasteiger partial charge in [0.25, 0.3) is 0 Å². The van der Waals surface area contributed by atoms with Crippen molar-refractivity contribution in [2.75, 3.05) is 0 Å². The van der Waals surface area contributed by atoms with Crippen LogP contribution in [0.25, 0.3) is 0 Å². The average molecular weight is 303 g/mol. The van der Waals surface area contributed by atoms with Crippen molar-refractivity contribution in [2.24, 2.45) is 0 Å². The minimum absolute atomic E-state index is 0.0344. The lowest BCUT2D eigenvalue weighted by molar-refractivity contribution is -0.275. The Morgan fingerprint density at radius 3 is 2.20 bits per heavy atom. The van der Waals surface area contributed by atoms with Gasteiger partial charge in [-0.05, 0) is 23.8 Å². The second-order valence-corrected chi connectivity index (χ2v) is 4.48. The SMILES string of the molecule is OC(c1ccc(Cl)cc1)c1ccccc1OC(F)(F)F. The van der Waals surface area contributed by atoms with Crippen molar-refractivity contribution >= 4 is 11.6 Å². The Balaban J connectivity index is 2.34. The summed E-state index contributed by atoms with van der Waals surface area (Å²) in [6.07, 6.45) is -6.04. The lowest BCUT2D eigenvalue weighted by atomic mass is 10.0. The fourth-order valence-corrected chi connectivity index (χ4v) is 1.87. The maximum absolute atomic E-state index is 12.3. The van der Waals surface area contributed by atoms with Crippen molar-refractivity contribution in [2.45, 2.75) is 12.5 Å². The number of ether oxygens (including phenoxy) is 1. The first-order chi connectivity index (χ1) is 9.37. The van der Waals surface area contributed by atoms with Crippen LogP contribution in [-0.4, -0.2) is 11.5 Å². The Labute approximate surface area is 118 Å². The third-order valence-corrected chi connectivity index (χ3v) is 2.88. The van der Waals surface area contributed by atoms with Gasteiger partial charge >= 0.3 is 6.36 Å². The van der Waals surface area contributed by atoms with Crippen LogP contribution in [0.3, 0.4) is 0 Å². The maximum Gasteiger partial charge on any atom is 0.573 e. The smallest absolute Gasteiger partial charge is 0.405 e. The molecule has 0 aliphatic carbocycles. The molecule has 0 amide bonds. The molecule has 0 heterocycles. The van der Waals surface area contributed by atoms with E-state index in [1.54, 1.807) is 12.1 Å². The normalized spacial score (nSPS) is 13.1. The fourth-order valence-electron chi connectivity index (χ4n) is 1.75. The van der Waals surface area contributed by atoms with E-state index in [1.807, 2.05) is 0 Å². The van der Waals surface area contributed by atoms with E-state index in [0.29, 0.717) is 10.6 Å². The van der Waals surface area contributed by atoms with E-state index in [0.717, 1.165) is 6.07 Å². The third kappa shape index (κ3) is 3.65. The molecule has 20 heavy (non-hydrogen) atoms. The zero-order chi connectivity index (χ0) is 14.8. The van der Waals surface area contributed by atoms with Crippen LogP contribution in [0, 0.1) is 0 Å². The summed E-state index contributed by atoms with van der Waals surface area (Å²) in [4.78, 5) is 0. The summed E-state index contributed by atoms with van der Waals surface area (Å²) in [5.74, 6) is -0.428. The summed E-state index contributed by atoms with van der Waals surface area (Å²) in [5.41, 5.74) is 0.458. The zero-order valence-corrected chi connectivity index (χ0v) is 10.8. The van der Waals surface area contributed by atoms with Crippen LogP contribution >= 0.6 is 11.6 Å². The van der Waals surface area contributed by atoms with Gasteiger partial charge in [-0.1, -0.05) is 41.9 Å². The molecule has 1 atom stereocenters. The monoisotopic (exact) mass is 302 g/mol. The van der Waals surface area contributed by atoms with Crippen molar-refractivity contribution in [3.8, 4) is 5.75 Å². The molecule has 0 fully saturated rings. The number of para-hydroxylation sites is 1. The standard InChI is InChI=1S/C14H10ClF3O2/c15-10-7-5-9(6-8-10)13(19)11-3-1-2-4-12(11)20-14(16,17)18/h1-8,13,19H. The second kappa shape index (κ2) is 5.73. The fraction of sp³-hybridized carbons (Fsp3) is 0.143. The highest BCUT2D eigenvalue weighted by Gasteiger charge is 2.32. The van der Waals surface area contributed by atoms with E-state index >= 15 is 0 Å². The Bertz CT molecular complexity index is 582. The van der Waals surface area contributed by atoms with Gasteiger partial charge in [-0.25, -0.2) is 0 Å². The first-order valence-electron chi connectivity index (χ1n) is 5.65. The van der Waals surface area contributed by atoms with Crippen molar-refractivity contribution in [3.63, 3.8) is 0 Å². The van der Waals surface area contributed by atoms with E-state index in [4.69, 9.17) is 11.6 Å². The molecule has 2 nitrogen and oxygen atoms in total. The lowest BCUT2D eigenvalue weighted by Crippen LogP contribution is -2.18. The minimum atomic E-state index is -4.81. The summed E-state index contributed by atoms with van der Waals surface area (Å²) in [6, 6.07) is 11.6. The quantitative estimate of drug-likeness (QED) is 0.915. The van der Waals surface area contributed by atoms with Crippen LogP contribution in [0.15, 0.2) is 48.5 Å². The van der Waals surface area contributed by atoms with E-state index in [2.05, 4.69) is 4.74 Å². The van der Waals surface area contributed by atoms with Crippen LogP contribution in [0.1, 0.15) is 17.2 Å². The number of halogens is 4. The number of aliphatic hydroxyl groups is 1. The molecule has 6 heteroatoms. The Morgan fingerprint density at radius 1 is 1.00 bits per heavy atom. The van der Waals surface area contributed by atoms with Gasteiger partial charge in [0, 0.05) is 10.6 Å². The summed E-state index contributed by atoms with van der Waals surface area (Å²) in [7, 11) is 0. The number of benzene rings is 2. The van der Waals surface area contributed by atoms with Gasteiger partial charge in [-0.15, -0.1) is 13.2 Å². The molecule has 0 saturated heterocycles. The molecule has 0 saturated carbocycles. The van der Waals surface area contributed by atoms with Crippen molar-refractivity contribution < 1.29 is 23.0 Å². The summed E-state index contributed by atoms with van der Waals surface area (Å²) >= 11 is 5.73. The first-order valence-corrected chi connectivity index (χ1v) is 6.03. The third-order valence-electron chi connectivity index (χ3n) is 2.63. The van der Waals surface area contributed by atoms with Gasteiger partial charge in [0.15, 0.2) is 0 Å². The predicted octanol–water partition coefficient (Wildman–Crippen LogP) is 4.32. The Morgan fingerprint density at radius 2 is 1.60 bits per heavy atom. The van der Waals surface area contributed by atoms with Gasteiger partial charge < -0.3 is 9.84 Å². The molecule has 2 rings (SSSR count). The molecule has 1 unspecified atom stereocenters. The highest BCUT2D eigenvalue weighted by atomic mass is 35.5. The molecule has 106 valence electrons. The van der Waals surface area contributed by atoms with Crippen molar-refractivity contribution in [3.05, 3.63) is 64.7 Å². The highest BCUT2D eigenvalue weighted by molar-refractivity contribution is 6.30. The molecular weight excluding hydrogens is 293 g/mol. The number of aliphatic hydroxyl groups excluding tert-OH is 1. The summed E-state index contributed by atoms with van der Waals surface area (Å²) in [6.45, 7) is 0. The van der Waals surface area contributed by atoms with Crippen LogP contribution in [0.2, 0.25) is 5.02 Å². The average Bonchev–Trinajstić information content (AvgIpc) is 2.37. The van der Waals surface area contributed by atoms with E-state index < -0.39 is 18.2 Å². The lowest BCUT2D eigenvalue weighted by Gasteiger charge is -2.17. The molecule has 0 aromatic heterocycles. The number of hydrogen-bond donors (Lipinski definition) is 1. The predicted molar refractivity (Wildman–Crippen MR) is 68.6 cm³/mol. The summed E-state index contributed by atoms with van der Waals surface area (Å²) in [5, 5.41) is 10.6. The molecular formula is C14H10ClF3O2. The first kappa shape index (κ1) is 14.7. The number of alkyl halides is 3. The molecule has 0 aliphatic heterocycles.